The van der Waals surface area contributed by atoms with Crippen molar-refractivity contribution in [2.24, 2.45) is 13.0 Å². The zero-order valence-electron chi connectivity index (χ0n) is 10.7. The van der Waals surface area contributed by atoms with Crippen molar-refractivity contribution in [3.05, 3.63) is 11.9 Å². The molecule has 0 bridgehead atoms. The van der Waals surface area contributed by atoms with Crippen LogP contribution in [0.2, 0.25) is 0 Å². The molecule has 1 aromatic rings. The average molecular weight is 221 g/mol. The lowest BCUT2D eigenvalue weighted by Gasteiger charge is -2.28. The first kappa shape index (κ1) is 11.5. The highest BCUT2D eigenvalue weighted by Crippen LogP contribution is 2.27. The summed E-state index contributed by atoms with van der Waals surface area (Å²) < 4.78 is 2.08. The predicted molar refractivity (Wildman–Crippen MR) is 67.6 cm³/mol. The van der Waals surface area contributed by atoms with Crippen molar-refractivity contribution < 1.29 is 0 Å². The Bertz CT molecular complexity index is 337. The topological polar surface area (TPSA) is 29.9 Å². The van der Waals surface area contributed by atoms with Gasteiger partial charge in [0.15, 0.2) is 0 Å². The number of rotatable bonds is 3. The predicted octanol–water partition coefficient (Wildman–Crippen LogP) is 3.11. The first-order chi connectivity index (χ1) is 7.66. The van der Waals surface area contributed by atoms with Crippen LogP contribution in [0, 0.1) is 12.8 Å². The summed E-state index contributed by atoms with van der Waals surface area (Å²) in [7, 11) is 2.05. The molecule has 0 aliphatic heterocycles. The average Bonchev–Trinajstić information content (AvgIpc) is 2.59. The maximum atomic E-state index is 4.50. The van der Waals surface area contributed by atoms with Gasteiger partial charge in [0, 0.05) is 19.3 Å². The Morgan fingerprint density at radius 1 is 1.38 bits per heavy atom. The molecule has 0 spiro atoms. The molecular weight excluding hydrogens is 198 g/mol. The molecule has 1 aliphatic rings. The van der Waals surface area contributed by atoms with Crippen LogP contribution < -0.4 is 5.32 Å². The molecule has 0 aromatic carbocycles. The summed E-state index contributed by atoms with van der Waals surface area (Å²) in [5, 5.41) is 3.55. The second-order valence-corrected chi connectivity index (χ2v) is 5.15. The SMILES string of the molecule is Cc1cn(C)c(NC(C)C2CCCCC2)n1. The Kier molecular flexibility index (Phi) is 3.52. The number of hydrogen-bond donors (Lipinski definition) is 1. The summed E-state index contributed by atoms with van der Waals surface area (Å²) in [4.78, 5) is 4.50. The van der Waals surface area contributed by atoms with E-state index >= 15 is 0 Å². The van der Waals surface area contributed by atoms with Gasteiger partial charge in [0.1, 0.15) is 0 Å². The fraction of sp³-hybridized carbons (Fsp3) is 0.769. The van der Waals surface area contributed by atoms with E-state index in [0.717, 1.165) is 17.6 Å². The molecule has 2 rings (SSSR count). The van der Waals surface area contributed by atoms with Crippen LogP contribution >= 0.6 is 0 Å². The minimum atomic E-state index is 0.542. The van der Waals surface area contributed by atoms with Crippen molar-refractivity contribution in [3.8, 4) is 0 Å². The van der Waals surface area contributed by atoms with Crippen LogP contribution in [0.1, 0.15) is 44.7 Å². The number of aryl methyl sites for hydroxylation is 2. The first-order valence-corrected chi connectivity index (χ1v) is 6.43. The van der Waals surface area contributed by atoms with Gasteiger partial charge < -0.3 is 9.88 Å². The molecule has 16 heavy (non-hydrogen) atoms. The summed E-state index contributed by atoms with van der Waals surface area (Å²) in [5.74, 6) is 1.83. The number of nitrogens with one attached hydrogen (secondary N) is 1. The third kappa shape index (κ3) is 2.57. The highest BCUT2D eigenvalue weighted by atomic mass is 15.2. The number of imidazole rings is 1. The molecule has 0 radical (unpaired) electrons. The smallest absolute Gasteiger partial charge is 0.202 e. The molecule has 0 saturated heterocycles. The largest absolute Gasteiger partial charge is 0.353 e. The highest BCUT2D eigenvalue weighted by molar-refractivity contribution is 5.29. The quantitative estimate of drug-likeness (QED) is 0.850. The molecule has 3 heteroatoms. The van der Waals surface area contributed by atoms with Crippen molar-refractivity contribution in [3.63, 3.8) is 0 Å². The lowest BCUT2D eigenvalue weighted by atomic mass is 9.85. The fourth-order valence-electron chi connectivity index (χ4n) is 2.71. The van der Waals surface area contributed by atoms with Gasteiger partial charge in [-0.15, -0.1) is 0 Å². The van der Waals surface area contributed by atoms with Crippen LogP contribution in [-0.2, 0) is 7.05 Å². The molecule has 1 unspecified atom stereocenters. The van der Waals surface area contributed by atoms with Gasteiger partial charge >= 0.3 is 0 Å². The molecule has 1 fully saturated rings. The second-order valence-electron chi connectivity index (χ2n) is 5.15. The molecule has 90 valence electrons. The van der Waals surface area contributed by atoms with E-state index < -0.39 is 0 Å². The summed E-state index contributed by atoms with van der Waals surface area (Å²) in [6, 6.07) is 0.542. The van der Waals surface area contributed by atoms with Gasteiger partial charge in [-0.05, 0) is 32.6 Å². The van der Waals surface area contributed by atoms with E-state index in [9.17, 15) is 0 Å². The van der Waals surface area contributed by atoms with E-state index in [-0.39, 0.29) is 0 Å². The maximum absolute atomic E-state index is 4.50. The molecule has 1 N–H and O–H groups in total. The van der Waals surface area contributed by atoms with Gasteiger partial charge in [-0.25, -0.2) is 4.98 Å². The lowest BCUT2D eigenvalue weighted by molar-refractivity contribution is 0.327. The highest BCUT2D eigenvalue weighted by Gasteiger charge is 2.20. The van der Waals surface area contributed by atoms with Crippen molar-refractivity contribution in [1.82, 2.24) is 9.55 Å². The molecule has 1 atom stereocenters. The Hall–Kier alpha value is -0.990. The van der Waals surface area contributed by atoms with Gasteiger partial charge in [0.05, 0.1) is 5.69 Å². The molecule has 1 saturated carbocycles. The third-order valence-electron chi connectivity index (χ3n) is 3.71. The molecule has 1 aromatic heterocycles. The van der Waals surface area contributed by atoms with E-state index in [4.69, 9.17) is 0 Å². The first-order valence-electron chi connectivity index (χ1n) is 6.43. The summed E-state index contributed by atoms with van der Waals surface area (Å²) in [6.07, 6.45) is 9.03. The van der Waals surface area contributed by atoms with E-state index in [2.05, 4.69) is 35.0 Å². The molecule has 1 heterocycles. The fourth-order valence-corrected chi connectivity index (χ4v) is 2.71. The molecule has 0 amide bonds. The maximum Gasteiger partial charge on any atom is 0.202 e. The number of hydrogen-bond acceptors (Lipinski definition) is 2. The van der Waals surface area contributed by atoms with E-state index in [1.807, 2.05) is 6.92 Å². The standard InChI is InChI=1S/C13H23N3/c1-10-9-16(3)13(14-10)15-11(2)12-7-5-4-6-8-12/h9,11-12H,4-8H2,1-3H3,(H,14,15). The van der Waals surface area contributed by atoms with Crippen molar-refractivity contribution in [2.75, 3.05) is 5.32 Å². The number of aromatic nitrogens is 2. The van der Waals surface area contributed by atoms with Gasteiger partial charge in [-0.1, -0.05) is 19.3 Å². The van der Waals surface area contributed by atoms with Crippen LogP contribution in [0.15, 0.2) is 6.20 Å². The van der Waals surface area contributed by atoms with Crippen molar-refractivity contribution >= 4 is 5.95 Å². The van der Waals surface area contributed by atoms with Crippen molar-refractivity contribution in [2.45, 2.75) is 52.0 Å². The van der Waals surface area contributed by atoms with Crippen LogP contribution in [-0.4, -0.2) is 15.6 Å². The summed E-state index contributed by atoms with van der Waals surface area (Å²) >= 11 is 0. The Balaban J connectivity index is 1.95. The molecular formula is C13H23N3. The third-order valence-corrected chi connectivity index (χ3v) is 3.71. The van der Waals surface area contributed by atoms with E-state index in [0.29, 0.717) is 6.04 Å². The zero-order valence-corrected chi connectivity index (χ0v) is 10.7. The Morgan fingerprint density at radius 2 is 2.06 bits per heavy atom. The lowest BCUT2D eigenvalue weighted by Crippen LogP contribution is -2.28. The van der Waals surface area contributed by atoms with Gasteiger partial charge in [-0.2, -0.15) is 0 Å². The Labute approximate surface area is 98.3 Å². The van der Waals surface area contributed by atoms with Crippen LogP contribution in [0.25, 0.3) is 0 Å². The Morgan fingerprint density at radius 3 is 2.62 bits per heavy atom. The monoisotopic (exact) mass is 221 g/mol. The van der Waals surface area contributed by atoms with Crippen LogP contribution in [0.3, 0.4) is 0 Å². The summed E-state index contributed by atoms with van der Waals surface area (Å²) in [6.45, 7) is 4.33. The molecule has 3 nitrogen and oxygen atoms in total. The molecule has 1 aliphatic carbocycles. The van der Waals surface area contributed by atoms with Gasteiger partial charge in [0.25, 0.3) is 0 Å². The van der Waals surface area contributed by atoms with Crippen LogP contribution in [0.5, 0.6) is 0 Å². The number of nitrogens with zero attached hydrogens (tertiary/aromatic N) is 2. The van der Waals surface area contributed by atoms with Crippen molar-refractivity contribution in [1.29, 1.82) is 0 Å². The summed E-state index contributed by atoms with van der Waals surface area (Å²) in [5.41, 5.74) is 1.08. The van der Waals surface area contributed by atoms with Crippen LogP contribution in [0.4, 0.5) is 5.95 Å². The van der Waals surface area contributed by atoms with Gasteiger partial charge in [-0.3, -0.25) is 0 Å². The minimum Gasteiger partial charge on any atom is -0.353 e. The van der Waals surface area contributed by atoms with E-state index in [1.165, 1.54) is 32.1 Å². The zero-order chi connectivity index (χ0) is 11.5. The number of anilines is 1. The minimum absolute atomic E-state index is 0.542. The second kappa shape index (κ2) is 4.89. The normalized spacial score (nSPS) is 19.7. The van der Waals surface area contributed by atoms with E-state index in [1.54, 1.807) is 0 Å². The van der Waals surface area contributed by atoms with Gasteiger partial charge in [0.2, 0.25) is 5.95 Å².